The second kappa shape index (κ2) is 6.95. The zero-order valence-corrected chi connectivity index (χ0v) is 11.4. The van der Waals surface area contributed by atoms with Gasteiger partial charge in [0, 0.05) is 12.2 Å². The molecule has 0 fully saturated rings. The summed E-state index contributed by atoms with van der Waals surface area (Å²) in [5.41, 5.74) is 4.70. The number of aliphatic hydroxyl groups excluding tert-OH is 1. The van der Waals surface area contributed by atoms with Gasteiger partial charge in [0.25, 0.3) is 0 Å². The summed E-state index contributed by atoms with van der Waals surface area (Å²) >= 11 is 0. The standard InChI is InChI=1S/C17H21NO/c1-2-3-14-8-10-17(11-9-14)18-12-15-4-6-16(13-19)7-5-15/h4-11,18-19H,2-3,12-13H2,1H3. The highest BCUT2D eigenvalue weighted by Crippen LogP contribution is 2.13. The summed E-state index contributed by atoms with van der Waals surface area (Å²) in [4.78, 5) is 0. The van der Waals surface area contributed by atoms with E-state index in [2.05, 4.69) is 36.5 Å². The zero-order valence-electron chi connectivity index (χ0n) is 11.4. The predicted octanol–water partition coefficient (Wildman–Crippen LogP) is 3.74. The summed E-state index contributed by atoms with van der Waals surface area (Å²) in [5, 5.41) is 12.4. The van der Waals surface area contributed by atoms with Crippen molar-refractivity contribution in [2.45, 2.75) is 32.9 Å². The van der Waals surface area contributed by atoms with Crippen LogP contribution in [0.4, 0.5) is 5.69 Å². The Kier molecular flexibility index (Phi) is 4.99. The average molecular weight is 255 g/mol. The average Bonchev–Trinajstić information content (AvgIpc) is 2.47. The van der Waals surface area contributed by atoms with Gasteiger partial charge < -0.3 is 10.4 Å². The molecule has 0 heterocycles. The van der Waals surface area contributed by atoms with Crippen molar-refractivity contribution in [2.24, 2.45) is 0 Å². The molecule has 2 rings (SSSR count). The molecule has 19 heavy (non-hydrogen) atoms. The smallest absolute Gasteiger partial charge is 0.0681 e. The van der Waals surface area contributed by atoms with Crippen molar-refractivity contribution < 1.29 is 5.11 Å². The maximum absolute atomic E-state index is 8.99. The van der Waals surface area contributed by atoms with Gasteiger partial charge in [-0.1, -0.05) is 49.7 Å². The number of anilines is 1. The van der Waals surface area contributed by atoms with E-state index in [9.17, 15) is 0 Å². The molecule has 0 spiro atoms. The summed E-state index contributed by atoms with van der Waals surface area (Å²) in [6.07, 6.45) is 2.33. The number of nitrogens with one attached hydrogen (secondary N) is 1. The first kappa shape index (κ1) is 13.6. The van der Waals surface area contributed by atoms with Crippen molar-refractivity contribution in [1.29, 1.82) is 0 Å². The lowest BCUT2D eigenvalue weighted by Crippen LogP contribution is -1.99. The summed E-state index contributed by atoms with van der Waals surface area (Å²) in [5.74, 6) is 0. The van der Waals surface area contributed by atoms with Gasteiger partial charge in [-0.25, -0.2) is 0 Å². The molecular weight excluding hydrogens is 234 g/mol. The van der Waals surface area contributed by atoms with Gasteiger partial charge >= 0.3 is 0 Å². The first-order valence-electron chi connectivity index (χ1n) is 6.83. The van der Waals surface area contributed by atoms with Crippen LogP contribution < -0.4 is 5.32 Å². The first-order valence-corrected chi connectivity index (χ1v) is 6.83. The van der Waals surface area contributed by atoms with Gasteiger partial charge in [-0.15, -0.1) is 0 Å². The molecule has 100 valence electrons. The van der Waals surface area contributed by atoms with E-state index in [-0.39, 0.29) is 6.61 Å². The molecule has 2 aromatic carbocycles. The van der Waals surface area contributed by atoms with Gasteiger partial charge in [0.15, 0.2) is 0 Å². The third-order valence-corrected chi connectivity index (χ3v) is 3.19. The van der Waals surface area contributed by atoms with Gasteiger partial charge in [-0.05, 0) is 35.2 Å². The Morgan fingerprint density at radius 2 is 1.42 bits per heavy atom. The minimum Gasteiger partial charge on any atom is -0.392 e. The van der Waals surface area contributed by atoms with Crippen molar-refractivity contribution in [1.82, 2.24) is 0 Å². The fourth-order valence-electron chi connectivity index (χ4n) is 2.04. The van der Waals surface area contributed by atoms with Crippen LogP contribution in [0.15, 0.2) is 48.5 Å². The third kappa shape index (κ3) is 4.11. The summed E-state index contributed by atoms with van der Waals surface area (Å²) in [6.45, 7) is 3.10. The molecule has 0 aliphatic carbocycles. The fourth-order valence-corrected chi connectivity index (χ4v) is 2.04. The van der Waals surface area contributed by atoms with Crippen LogP contribution in [0.3, 0.4) is 0 Å². The minimum absolute atomic E-state index is 0.104. The number of benzene rings is 2. The number of aryl methyl sites for hydroxylation is 1. The molecule has 2 N–H and O–H groups in total. The van der Waals surface area contributed by atoms with E-state index in [0.29, 0.717) is 0 Å². The van der Waals surface area contributed by atoms with E-state index in [1.54, 1.807) is 0 Å². The Bertz CT molecular complexity index is 488. The van der Waals surface area contributed by atoms with Crippen LogP contribution in [0.25, 0.3) is 0 Å². The highest BCUT2D eigenvalue weighted by Gasteiger charge is 1.96. The molecule has 0 amide bonds. The normalized spacial score (nSPS) is 10.4. The molecule has 2 aromatic rings. The second-order valence-corrected chi connectivity index (χ2v) is 4.78. The van der Waals surface area contributed by atoms with Gasteiger partial charge in [0.2, 0.25) is 0 Å². The Labute approximate surface area is 115 Å². The van der Waals surface area contributed by atoms with Crippen molar-refractivity contribution in [2.75, 3.05) is 5.32 Å². The Hall–Kier alpha value is -1.80. The molecule has 0 unspecified atom stereocenters. The van der Waals surface area contributed by atoms with Gasteiger partial charge in [-0.2, -0.15) is 0 Å². The maximum Gasteiger partial charge on any atom is 0.0681 e. The van der Waals surface area contributed by atoms with E-state index in [1.807, 2.05) is 24.3 Å². The molecule has 0 aliphatic heterocycles. The van der Waals surface area contributed by atoms with Gasteiger partial charge in [0.1, 0.15) is 0 Å². The summed E-state index contributed by atoms with van der Waals surface area (Å²) in [6, 6.07) is 16.6. The second-order valence-electron chi connectivity index (χ2n) is 4.78. The first-order chi connectivity index (χ1) is 9.31. The lowest BCUT2D eigenvalue weighted by molar-refractivity contribution is 0.282. The predicted molar refractivity (Wildman–Crippen MR) is 80.1 cm³/mol. The van der Waals surface area contributed by atoms with Crippen LogP contribution in [0.5, 0.6) is 0 Å². The van der Waals surface area contributed by atoms with Gasteiger partial charge in [0.05, 0.1) is 6.61 Å². The molecule has 0 saturated carbocycles. The molecule has 0 aliphatic rings. The number of rotatable bonds is 6. The molecule has 0 radical (unpaired) electrons. The highest BCUT2D eigenvalue weighted by molar-refractivity contribution is 5.45. The number of hydrogen-bond acceptors (Lipinski definition) is 2. The summed E-state index contributed by atoms with van der Waals surface area (Å²) in [7, 11) is 0. The van der Waals surface area contributed by atoms with E-state index in [0.717, 1.165) is 24.2 Å². The summed E-state index contributed by atoms with van der Waals surface area (Å²) < 4.78 is 0. The van der Waals surface area contributed by atoms with Crippen LogP contribution in [0, 0.1) is 0 Å². The van der Waals surface area contributed by atoms with Crippen LogP contribution >= 0.6 is 0 Å². The van der Waals surface area contributed by atoms with E-state index in [1.165, 1.54) is 17.5 Å². The quantitative estimate of drug-likeness (QED) is 0.824. The monoisotopic (exact) mass is 255 g/mol. The molecule has 0 saturated heterocycles. The lowest BCUT2D eigenvalue weighted by Gasteiger charge is -2.08. The highest BCUT2D eigenvalue weighted by atomic mass is 16.3. The maximum atomic E-state index is 8.99. The Morgan fingerprint density at radius 3 is 2.00 bits per heavy atom. The Balaban J connectivity index is 1.90. The molecule has 0 atom stereocenters. The lowest BCUT2D eigenvalue weighted by atomic mass is 10.1. The van der Waals surface area contributed by atoms with Crippen LogP contribution in [0.2, 0.25) is 0 Å². The molecular formula is C17H21NO. The number of aliphatic hydroxyl groups is 1. The third-order valence-electron chi connectivity index (χ3n) is 3.19. The molecule has 2 heteroatoms. The largest absolute Gasteiger partial charge is 0.392 e. The van der Waals surface area contributed by atoms with E-state index in [4.69, 9.17) is 5.11 Å². The minimum atomic E-state index is 0.104. The molecule has 2 nitrogen and oxygen atoms in total. The van der Waals surface area contributed by atoms with Gasteiger partial charge in [-0.3, -0.25) is 0 Å². The van der Waals surface area contributed by atoms with Crippen LogP contribution in [-0.4, -0.2) is 5.11 Å². The zero-order chi connectivity index (χ0) is 13.5. The van der Waals surface area contributed by atoms with Crippen molar-refractivity contribution in [3.05, 3.63) is 65.2 Å². The topological polar surface area (TPSA) is 32.3 Å². The van der Waals surface area contributed by atoms with E-state index >= 15 is 0 Å². The Morgan fingerprint density at radius 1 is 0.842 bits per heavy atom. The van der Waals surface area contributed by atoms with Crippen LogP contribution in [0.1, 0.15) is 30.0 Å². The van der Waals surface area contributed by atoms with Crippen molar-refractivity contribution in [3.8, 4) is 0 Å². The van der Waals surface area contributed by atoms with Crippen molar-refractivity contribution in [3.63, 3.8) is 0 Å². The van der Waals surface area contributed by atoms with Crippen LogP contribution in [-0.2, 0) is 19.6 Å². The fraction of sp³-hybridized carbons (Fsp3) is 0.294. The molecule has 0 bridgehead atoms. The van der Waals surface area contributed by atoms with Crippen molar-refractivity contribution >= 4 is 5.69 Å². The number of hydrogen-bond donors (Lipinski definition) is 2. The molecule has 0 aromatic heterocycles. The SMILES string of the molecule is CCCc1ccc(NCc2ccc(CO)cc2)cc1. The van der Waals surface area contributed by atoms with E-state index < -0.39 is 0 Å².